The Morgan fingerprint density at radius 1 is 1.17 bits per heavy atom. The molecule has 0 unspecified atom stereocenters. The highest BCUT2D eigenvalue weighted by molar-refractivity contribution is 5.91. The van der Waals surface area contributed by atoms with Crippen LogP contribution in [0, 0.1) is 0 Å². The van der Waals surface area contributed by atoms with Gasteiger partial charge in [-0.3, -0.25) is 0 Å². The van der Waals surface area contributed by atoms with Crippen LogP contribution in [-0.2, 0) is 7.05 Å². The van der Waals surface area contributed by atoms with Crippen LogP contribution < -0.4 is 4.74 Å². The molecule has 1 heterocycles. The molecule has 0 radical (unpaired) electrons. The predicted molar refractivity (Wildman–Crippen MR) is 75.7 cm³/mol. The summed E-state index contributed by atoms with van der Waals surface area (Å²) in [4.78, 5) is 0. The van der Waals surface area contributed by atoms with Gasteiger partial charge in [0.2, 0.25) is 0 Å². The van der Waals surface area contributed by atoms with Gasteiger partial charge in [0, 0.05) is 29.7 Å². The summed E-state index contributed by atoms with van der Waals surface area (Å²) in [5.41, 5.74) is 3.66. The van der Waals surface area contributed by atoms with Gasteiger partial charge in [0.05, 0.1) is 7.11 Å². The number of hydrogen-bond donors (Lipinski definition) is 0. The Kier molecular flexibility index (Phi) is 2.56. The van der Waals surface area contributed by atoms with E-state index in [0.29, 0.717) is 0 Å². The number of ether oxygens (including phenoxy) is 1. The topological polar surface area (TPSA) is 14.2 Å². The van der Waals surface area contributed by atoms with Crippen LogP contribution in [0.2, 0.25) is 0 Å². The van der Waals surface area contributed by atoms with Crippen molar-refractivity contribution in [3.05, 3.63) is 59.8 Å². The molecule has 1 aliphatic rings. The zero-order valence-corrected chi connectivity index (χ0v) is 10.6. The fourth-order valence-electron chi connectivity index (χ4n) is 2.31. The molecule has 0 saturated carbocycles. The Bertz CT molecular complexity index is 672. The quantitative estimate of drug-likeness (QED) is 0.777. The Morgan fingerprint density at radius 3 is 2.67 bits per heavy atom. The molecule has 90 valence electrons. The van der Waals surface area contributed by atoms with Gasteiger partial charge in [0.25, 0.3) is 0 Å². The minimum atomic E-state index is 0.894. The molecule has 1 aromatic heterocycles. The van der Waals surface area contributed by atoms with Crippen molar-refractivity contribution >= 4 is 17.0 Å². The van der Waals surface area contributed by atoms with Gasteiger partial charge in [-0.15, -0.1) is 0 Å². The maximum Gasteiger partial charge on any atom is 0.119 e. The first-order chi connectivity index (χ1) is 8.78. The third-order valence-electron chi connectivity index (χ3n) is 3.24. The van der Waals surface area contributed by atoms with Crippen LogP contribution in [0.5, 0.6) is 5.75 Å². The summed E-state index contributed by atoms with van der Waals surface area (Å²) in [7, 11) is 3.77. The van der Waals surface area contributed by atoms with Gasteiger partial charge in [0.1, 0.15) is 5.75 Å². The highest BCUT2D eigenvalue weighted by atomic mass is 16.5. The maximum atomic E-state index is 5.30. The van der Waals surface area contributed by atoms with Crippen LogP contribution in [0.25, 0.3) is 17.0 Å². The van der Waals surface area contributed by atoms with Crippen LogP contribution >= 0.6 is 0 Å². The van der Waals surface area contributed by atoms with E-state index in [-0.39, 0.29) is 0 Å². The molecule has 18 heavy (non-hydrogen) atoms. The molecule has 0 N–H and O–H groups in total. The fourth-order valence-corrected chi connectivity index (χ4v) is 2.31. The van der Waals surface area contributed by atoms with Gasteiger partial charge in [-0.1, -0.05) is 24.3 Å². The first-order valence-electron chi connectivity index (χ1n) is 5.97. The number of allylic oxidation sites excluding steroid dienone is 5. The van der Waals surface area contributed by atoms with E-state index in [2.05, 4.69) is 60.3 Å². The second-order valence-corrected chi connectivity index (χ2v) is 4.44. The van der Waals surface area contributed by atoms with Crippen molar-refractivity contribution in [2.75, 3.05) is 7.11 Å². The zero-order chi connectivity index (χ0) is 12.5. The van der Waals surface area contributed by atoms with Crippen molar-refractivity contribution in [1.29, 1.82) is 0 Å². The van der Waals surface area contributed by atoms with Crippen molar-refractivity contribution in [2.45, 2.75) is 0 Å². The standard InChI is InChI=1S/C16H15NO/c1-17-11-13(9-12-5-3-4-6-12)15-10-14(18-2)7-8-16(15)17/h3-11H,1-2H3. The smallest absolute Gasteiger partial charge is 0.119 e. The first-order valence-corrected chi connectivity index (χ1v) is 5.97. The molecular weight excluding hydrogens is 222 g/mol. The molecule has 1 aromatic carbocycles. The number of hydrogen-bond acceptors (Lipinski definition) is 1. The van der Waals surface area contributed by atoms with Crippen molar-refractivity contribution in [2.24, 2.45) is 7.05 Å². The Morgan fingerprint density at radius 2 is 1.94 bits per heavy atom. The molecule has 0 fully saturated rings. The van der Waals surface area contributed by atoms with Gasteiger partial charge >= 0.3 is 0 Å². The van der Waals surface area contributed by atoms with Crippen molar-refractivity contribution in [3.8, 4) is 5.75 Å². The zero-order valence-electron chi connectivity index (χ0n) is 10.6. The lowest BCUT2D eigenvalue weighted by Crippen LogP contribution is -1.84. The van der Waals surface area contributed by atoms with Crippen molar-refractivity contribution < 1.29 is 4.74 Å². The SMILES string of the molecule is COc1ccc2c(c1)c(C=C1C=CC=C1)cn2C. The van der Waals surface area contributed by atoms with E-state index in [0.717, 1.165) is 5.75 Å². The van der Waals surface area contributed by atoms with Crippen LogP contribution in [0.1, 0.15) is 5.56 Å². The van der Waals surface area contributed by atoms with Crippen LogP contribution in [0.15, 0.2) is 54.3 Å². The Balaban J connectivity index is 2.19. The molecule has 0 saturated heterocycles. The second-order valence-electron chi connectivity index (χ2n) is 4.44. The van der Waals surface area contributed by atoms with Crippen LogP contribution in [-0.4, -0.2) is 11.7 Å². The first kappa shape index (κ1) is 10.9. The van der Waals surface area contributed by atoms with E-state index in [1.165, 1.54) is 22.0 Å². The minimum Gasteiger partial charge on any atom is -0.497 e. The number of fused-ring (bicyclic) bond motifs is 1. The Labute approximate surface area is 106 Å². The normalized spacial score (nSPS) is 13.6. The summed E-state index contributed by atoms with van der Waals surface area (Å²) >= 11 is 0. The highest BCUT2D eigenvalue weighted by Crippen LogP contribution is 2.27. The summed E-state index contributed by atoms with van der Waals surface area (Å²) in [6.45, 7) is 0. The minimum absolute atomic E-state index is 0.894. The molecule has 0 atom stereocenters. The summed E-state index contributed by atoms with van der Waals surface area (Å²) < 4.78 is 7.44. The molecular formula is C16H15NO. The van der Waals surface area contributed by atoms with E-state index in [4.69, 9.17) is 4.74 Å². The van der Waals surface area contributed by atoms with Crippen LogP contribution in [0.4, 0.5) is 0 Å². The molecule has 0 spiro atoms. The van der Waals surface area contributed by atoms with E-state index in [1.54, 1.807) is 7.11 Å². The average molecular weight is 237 g/mol. The summed E-state index contributed by atoms with van der Waals surface area (Å²) in [5.74, 6) is 0.894. The Hall–Kier alpha value is -2.22. The summed E-state index contributed by atoms with van der Waals surface area (Å²) in [6, 6.07) is 6.18. The number of aryl methyl sites for hydroxylation is 1. The highest BCUT2D eigenvalue weighted by Gasteiger charge is 2.06. The van der Waals surface area contributed by atoms with E-state index in [1.807, 2.05) is 6.07 Å². The number of nitrogens with zero attached hydrogens (tertiary/aromatic N) is 1. The third kappa shape index (κ3) is 1.76. The van der Waals surface area contributed by atoms with E-state index >= 15 is 0 Å². The summed E-state index contributed by atoms with van der Waals surface area (Å²) in [5, 5.41) is 1.22. The largest absolute Gasteiger partial charge is 0.497 e. The monoisotopic (exact) mass is 237 g/mol. The number of methoxy groups -OCH3 is 1. The average Bonchev–Trinajstić information content (AvgIpc) is 2.99. The van der Waals surface area contributed by atoms with Gasteiger partial charge < -0.3 is 9.30 Å². The lowest BCUT2D eigenvalue weighted by Gasteiger charge is -2.01. The number of aromatic nitrogens is 1. The molecule has 2 heteroatoms. The van der Waals surface area contributed by atoms with Gasteiger partial charge in [-0.05, 0) is 29.8 Å². The fraction of sp³-hybridized carbons (Fsp3) is 0.125. The molecule has 1 aliphatic carbocycles. The predicted octanol–water partition coefficient (Wildman–Crippen LogP) is 3.70. The van der Waals surface area contributed by atoms with E-state index < -0.39 is 0 Å². The van der Waals surface area contributed by atoms with E-state index in [9.17, 15) is 0 Å². The van der Waals surface area contributed by atoms with Crippen molar-refractivity contribution in [1.82, 2.24) is 4.57 Å². The maximum absolute atomic E-state index is 5.30. The number of benzene rings is 1. The van der Waals surface area contributed by atoms with Gasteiger partial charge in [-0.2, -0.15) is 0 Å². The lowest BCUT2D eigenvalue weighted by molar-refractivity contribution is 0.415. The lowest BCUT2D eigenvalue weighted by atomic mass is 10.1. The van der Waals surface area contributed by atoms with Gasteiger partial charge in [0.15, 0.2) is 0 Å². The van der Waals surface area contributed by atoms with Crippen molar-refractivity contribution in [3.63, 3.8) is 0 Å². The van der Waals surface area contributed by atoms with Gasteiger partial charge in [-0.25, -0.2) is 0 Å². The summed E-state index contributed by atoms with van der Waals surface area (Å²) in [6.07, 6.45) is 12.7. The molecule has 0 amide bonds. The third-order valence-corrected chi connectivity index (χ3v) is 3.24. The number of rotatable bonds is 2. The second kappa shape index (κ2) is 4.22. The molecule has 0 aliphatic heterocycles. The molecule has 2 nitrogen and oxygen atoms in total. The molecule has 3 rings (SSSR count). The molecule has 0 bridgehead atoms. The van der Waals surface area contributed by atoms with Crippen LogP contribution in [0.3, 0.4) is 0 Å². The molecule has 2 aromatic rings.